The number of alkyl halides is 5. The molecule has 2 fully saturated rings. The van der Waals surface area contributed by atoms with Crippen molar-refractivity contribution in [3.05, 3.63) is 41.3 Å². The highest BCUT2D eigenvalue weighted by Crippen LogP contribution is 2.55. The number of halogens is 7. The molecular weight excluding hydrogens is 543 g/mol. The molecule has 3 heterocycles. The van der Waals surface area contributed by atoms with Gasteiger partial charge in [0.1, 0.15) is 30.4 Å². The Balaban J connectivity index is 1.60. The maximum absolute atomic E-state index is 15.0. The van der Waals surface area contributed by atoms with Crippen molar-refractivity contribution < 1.29 is 54.3 Å². The Labute approximate surface area is 218 Å². The Morgan fingerprint density at radius 2 is 1.97 bits per heavy atom. The van der Waals surface area contributed by atoms with E-state index in [1.165, 1.54) is 13.8 Å². The average molecular weight is 569 g/mol. The molecule has 0 spiro atoms. The summed E-state index contributed by atoms with van der Waals surface area (Å²) in [5.74, 6) is -7.25. The second-order valence-corrected chi connectivity index (χ2v) is 9.67. The van der Waals surface area contributed by atoms with E-state index in [1.54, 1.807) is 4.90 Å². The predicted octanol–water partition coefficient (Wildman–Crippen LogP) is 4.64. The number of aryl methyl sites for hydroxylation is 1. The van der Waals surface area contributed by atoms with Crippen LogP contribution in [0.25, 0.3) is 0 Å². The molecule has 4 rings (SSSR count). The number of nitrogens with one attached hydrogen (secondary N) is 1. The third-order valence-electron chi connectivity index (χ3n) is 7.25. The first-order valence-electron chi connectivity index (χ1n) is 12.0. The molecule has 0 unspecified atom stereocenters. The van der Waals surface area contributed by atoms with Crippen LogP contribution in [-0.4, -0.2) is 72.8 Å². The largest absolute Gasteiger partial charge is 0.489 e. The minimum Gasteiger partial charge on any atom is -0.489 e. The highest BCUT2D eigenvalue weighted by molar-refractivity contribution is 5.95. The molecule has 8 nitrogen and oxygen atoms in total. The van der Waals surface area contributed by atoms with Crippen molar-refractivity contribution >= 4 is 11.6 Å². The van der Waals surface area contributed by atoms with E-state index in [0.717, 1.165) is 25.3 Å². The molecule has 0 saturated carbocycles. The number of rotatable bonds is 9. The fourth-order valence-corrected chi connectivity index (χ4v) is 4.81. The number of amides is 1. The first-order valence-corrected chi connectivity index (χ1v) is 12.0. The molecule has 1 aromatic heterocycles. The summed E-state index contributed by atoms with van der Waals surface area (Å²) >= 11 is 0. The SMILES string of the molecule is Cc1nocc1NC(=O)[C@@H]1O[C@@](C)(C(F)(F)F)[C@@H](C)[C@H]1c1ccc(F)c(F)c1OCCN1CC(OC(F)F)C1. The van der Waals surface area contributed by atoms with E-state index in [1.807, 2.05) is 0 Å². The van der Waals surface area contributed by atoms with Crippen LogP contribution in [0.15, 0.2) is 22.9 Å². The number of aromatic nitrogens is 1. The minimum atomic E-state index is -4.92. The molecule has 1 N–H and O–H groups in total. The van der Waals surface area contributed by atoms with E-state index in [2.05, 4.69) is 15.2 Å². The van der Waals surface area contributed by atoms with Gasteiger partial charge in [-0.05, 0) is 19.9 Å². The molecule has 2 aliphatic heterocycles. The van der Waals surface area contributed by atoms with Crippen molar-refractivity contribution in [2.75, 3.05) is 31.6 Å². The molecule has 0 radical (unpaired) electrons. The molecule has 2 saturated heterocycles. The van der Waals surface area contributed by atoms with E-state index >= 15 is 0 Å². The fourth-order valence-electron chi connectivity index (χ4n) is 4.81. The van der Waals surface area contributed by atoms with Crippen LogP contribution >= 0.6 is 0 Å². The van der Waals surface area contributed by atoms with Gasteiger partial charge < -0.3 is 24.1 Å². The van der Waals surface area contributed by atoms with Crippen molar-refractivity contribution in [3.63, 3.8) is 0 Å². The maximum atomic E-state index is 15.0. The summed E-state index contributed by atoms with van der Waals surface area (Å²) in [5.41, 5.74) is -2.66. The van der Waals surface area contributed by atoms with Crippen molar-refractivity contribution in [2.24, 2.45) is 5.92 Å². The average Bonchev–Trinajstić information content (AvgIpc) is 3.35. The highest BCUT2D eigenvalue weighted by atomic mass is 19.4. The number of carbonyl (C=O) groups is 1. The molecule has 1 aromatic carbocycles. The van der Waals surface area contributed by atoms with Gasteiger partial charge in [0.25, 0.3) is 5.91 Å². The third-order valence-corrected chi connectivity index (χ3v) is 7.25. The third kappa shape index (κ3) is 5.70. The number of anilines is 1. The van der Waals surface area contributed by atoms with Crippen LogP contribution in [0.1, 0.15) is 31.0 Å². The number of hydrogen-bond acceptors (Lipinski definition) is 7. The number of nitrogens with zero attached hydrogens (tertiary/aromatic N) is 2. The molecule has 0 bridgehead atoms. The zero-order valence-electron chi connectivity index (χ0n) is 21.0. The monoisotopic (exact) mass is 569 g/mol. The van der Waals surface area contributed by atoms with E-state index in [9.17, 15) is 35.5 Å². The predicted molar refractivity (Wildman–Crippen MR) is 120 cm³/mol. The number of hydrogen-bond donors (Lipinski definition) is 1. The van der Waals surface area contributed by atoms with Gasteiger partial charge in [0.2, 0.25) is 5.82 Å². The molecule has 216 valence electrons. The Bertz CT molecular complexity index is 1190. The molecule has 1 amide bonds. The second-order valence-electron chi connectivity index (χ2n) is 9.67. The van der Waals surface area contributed by atoms with E-state index in [-0.39, 0.29) is 43.2 Å². The molecular formula is C24H26F7N3O5. The Morgan fingerprint density at radius 1 is 1.28 bits per heavy atom. The van der Waals surface area contributed by atoms with Gasteiger partial charge in [-0.2, -0.15) is 26.3 Å². The topological polar surface area (TPSA) is 86.1 Å². The lowest BCUT2D eigenvalue weighted by Gasteiger charge is -2.38. The van der Waals surface area contributed by atoms with Crippen LogP contribution < -0.4 is 10.1 Å². The van der Waals surface area contributed by atoms with Gasteiger partial charge >= 0.3 is 12.8 Å². The zero-order valence-corrected chi connectivity index (χ0v) is 21.0. The fraction of sp³-hybridized carbons (Fsp3) is 0.583. The number of carbonyl (C=O) groups excluding carboxylic acids is 1. The lowest BCUT2D eigenvalue weighted by atomic mass is 9.77. The number of likely N-dealkylation sites (tertiary alicyclic amines) is 1. The maximum Gasteiger partial charge on any atom is 0.417 e. The van der Waals surface area contributed by atoms with Gasteiger partial charge in [-0.3, -0.25) is 9.69 Å². The summed E-state index contributed by atoms with van der Waals surface area (Å²) in [4.78, 5) is 14.8. The zero-order chi connectivity index (χ0) is 28.7. The first kappa shape index (κ1) is 29.1. The minimum absolute atomic E-state index is 0.0982. The number of benzene rings is 1. The van der Waals surface area contributed by atoms with Crippen molar-refractivity contribution in [1.29, 1.82) is 0 Å². The Hall–Kier alpha value is -2.91. The van der Waals surface area contributed by atoms with Gasteiger partial charge in [-0.15, -0.1) is 0 Å². The Morgan fingerprint density at radius 3 is 2.56 bits per heavy atom. The summed E-state index contributed by atoms with van der Waals surface area (Å²) < 4.78 is 116. The molecule has 2 aliphatic rings. The normalized spacial score (nSPS) is 26.2. The standard InChI is InChI=1S/C24H26F7N3O5/c1-11-17(20(39-23(11,3)24(29,30)31)21(35)32-16-10-37-33-12(16)2)14-4-5-15(25)18(26)19(14)36-7-6-34-8-13(9-34)38-22(27)28/h4-5,10-11,13,17,20,22H,6-9H2,1-3H3,(H,32,35)/t11-,17-,20+,23+/m0/s1. The van der Waals surface area contributed by atoms with E-state index < -0.39 is 65.7 Å². The van der Waals surface area contributed by atoms with Gasteiger partial charge in [0.15, 0.2) is 17.2 Å². The lowest BCUT2D eigenvalue weighted by molar-refractivity contribution is -0.272. The van der Waals surface area contributed by atoms with E-state index in [0.29, 0.717) is 0 Å². The van der Waals surface area contributed by atoms with E-state index in [4.69, 9.17) is 14.0 Å². The summed E-state index contributed by atoms with van der Waals surface area (Å²) in [7, 11) is 0. The first-order chi connectivity index (χ1) is 18.2. The van der Waals surface area contributed by atoms with Crippen LogP contribution in [0, 0.1) is 24.5 Å². The quantitative estimate of drug-likeness (QED) is 0.441. The lowest BCUT2D eigenvalue weighted by Crippen LogP contribution is -2.53. The summed E-state index contributed by atoms with van der Waals surface area (Å²) in [5, 5.41) is 6.01. The van der Waals surface area contributed by atoms with Crippen molar-refractivity contribution in [2.45, 2.75) is 57.3 Å². The molecule has 2 aromatic rings. The second kappa shape index (κ2) is 10.9. The van der Waals surface area contributed by atoms with Crippen molar-refractivity contribution in [1.82, 2.24) is 10.1 Å². The molecule has 0 aliphatic carbocycles. The van der Waals surface area contributed by atoms with Gasteiger partial charge in [0.05, 0.1) is 6.10 Å². The molecule has 4 atom stereocenters. The van der Waals surface area contributed by atoms with Gasteiger partial charge in [-0.25, -0.2) is 4.39 Å². The Kier molecular flexibility index (Phi) is 8.15. The van der Waals surface area contributed by atoms with Crippen LogP contribution in [0.5, 0.6) is 5.75 Å². The van der Waals surface area contributed by atoms with Crippen molar-refractivity contribution in [3.8, 4) is 5.75 Å². The summed E-state index contributed by atoms with van der Waals surface area (Å²) in [6.45, 7) is 0.748. The van der Waals surface area contributed by atoms with Gasteiger partial charge in [0, 0.05) is 37.0 Å². The number of ether oxygens (including phenoxy) is 3. The molecule has 15 heteroatoms. The summed E-state index contributed by atoms with van der Waals surface area (Å²) in [6, 6.07) is 1.79. The van der Waals surface area contributed by atoms with Crippen LogP contribution in [0.3, 0.4) is 0 Å². The molecule has 39 heavy (non-hydrogen) atoms. The smallest absolute Gasteiger partial charge is 0.417 e. The van der Waals surface area contributed by atoms with Crippen LogP contribution in [0.4, 0.5) is 36.4 Å². The highest BCUT2D eigenvalue weighted by Gasteiger charge is 2.66. The van der Waals surface area contributed by atoms with Crippen LogP contribution in [0.2, 0.25) is 0 Å². The van der Waals surface area contributed by atoms with Crippen LogP contribution in [-0.2, 0) is 14.3 Å². The summed E-state index contributed by atoms with van der Waals surface area (Å²) in [6.07, 6.45) is -6.30. The van der Waals surface area contributed by atoms with Gasteiger partial charge in [-0.1, -0.05) is 18.1 Å².